The van der Waals surface area contributed by atoms with Crippen molar-refractivity contribution < 1.29 is 0 Å². The zero-order valence-electron chi connectivity index (χ0n) is 14.1. The van der Waals surface area contributed by atoms with Crippen molar-refractivity contribution in [1.82, 2.24) is 9.88 Å². The van der Waals surface area contributed by atoms with Crippen LogP contribution in [-0.2, 0) is 18.4 Å². The molecule has 0 saturated heterocycles. The first kappa shape index (κ1) is 14.6. The highest BCUT2D eigenvalue weighted by atomic mass is 35.5. The van der Waals surface area contributed by atoms with E-state index in [1.165, 1.54) is 38.9 Å². The molecule has 0 bridgehead atoms. The van der Waals surface area contributed by atoms with Gasteiger partial charge in [0.15, 0.2) is 0 Å². The highest BCUT2D eigenvalue weighted by molar-refractivity contribution is 6.31. The summed E-state index contributed by atoms with van der Waals surface area (Å²) in [5, 5.41) is 2.11. The Balaban J connectivity index is 1.81. The summed E-state index contributed by atoms with van der Waals surface area (Å²) in [5.74, 6) is 0. The van der Waals surface area contributed by atoms with Crippen LogP contribution in [0.15, 0.2) is 36.4 Å². The molecule has 5 rings (SSSR count). The molecule has 2 aliphatic heterocycles. The van der Waals surface area contributed by atoms with Crippen molar-refractivity contribution in [1.29, 1.82) is 0 Å². The predicted octanol–water partition coefficient (Wildman–Crippen LogP) is 4.81. The van der Waals surface area contributed by atoms with Crippen molar-refractivity contribution in [3.63, 3.8) is 0 Å². The van der Waals surface area contributed by atoms with E-state index in [4.69, 9.17) is 11.6 Å². The summed E-state index contributed by atoms with van der Waals surface area (Å²) >= 11 is 6.26. The maximum absolute atomic E-state index is 6.26. The Morgan fingerprint density at radius 1 is 1.08 bits per heavy atom. The normalized spacial score (nSPS) is 23.0. The number of aryl methyl sites for hydroxylation is 1. The van der Waals surface area contributed by atoms with Gasteiger partial charge < -0.3 is 4.98 Å². The second kappa shape index (κ2) is 4.87. The molecule has 1 atom stereocenters. The number of rotatable bonds is 0. The summed E-state index contributed by atoms with van der Waals surface area (Å²) in [4.78, 5) is 6.38. The van der Waals surface area contributed by atoms with E-state index in [-0.39, 0.29) is 5.54 Å². The minimum atomic E-state index is -0.0691. The minimum absolute atomic E-state index is 0.0691. The summed E-state index contributed by atoms with van der Waals surface area (Å²) in [6, 6.07) is 13.2. The Kier molecular flexibility index (Phi) is 2.96. The zero-order chi connectivity index (χ0) is 16.5. The van der Waals surface area contributed by atoms with Crippen molar-refractivity contribution in [3.05, 3.63) is 69.4 Å². The Morgan fingerprint density at radius 3 is 2.79 bits per heavy atom. The lowest BCUT2D eigenvalue weighted by molar-refractivity contribution is 0.112. The lowest BCUT2D eigenvalue weighted by atomic mass is 9.75. The maximum Gasteiger partial charge on any atom is 0.0844 e. The van der Waals surface area contributed by atoms with E-state index in [9.17, 15) is 0 Å². The Labute approximate surface area is 147 Å². The highest BCUT2D eigenvalue weighted by Crippen LogP contribution is 2.46. The number of aromatic amines is 1. The van der Waals surface area contributed by atoms with Crippen molar-refractivity contribution in [2.24, 2.45) is 0 Å². The first-order valence-electron chi connectivity index (χ1n) is 8.73. The number of benzene rings is 2. The van der Waals surface area contributed by atoms with Crippen LogP contribution >= 0.6 is 11.6 Å². The van der Waals surface area contributed by atoms with Crippen molar-refractivity contribution in [2.75, 3.05) is 13.1 Å². The van der Waals surface area contributed by atoms with Gasteiger partial charge in [0.25, 0.3) is 0 Å². The first-order chi connectivity index (χ1) is 11.6. The fraction of sp³-hybridized carbons (Fsp3) is 0.333. The largest absolute Gasteiger partial charge is 0.356 e. The number of hydrogen-bond acceptors (Lipinski definition) is 1. The third-order valence-electron chi connectivity index (χ3n) is 6.06. The Morgan fingerprint density at radius 2 is 1.92 bits per heavy atom. The van der Waals surface area contributed by atoms with Gasteiger partial charge >= 0.3 is 0 Å². The quantitative estimate of drug-likeness (QED) is 0.624. The lowest BCUT2D eigenvalue weighted by Gasteiger charge is -2.49. The molecule has 24 heavy (non-hydrogen) atoms. The van der Waals surface area contributed by atoms with Crippen LogP contribution < -0.4 is 0 Å². The maximum atomic E-state index is 6.26. The van der Waals surface area contributed by atoms with E-state index >= 15 is 0 Å². The summed E-state index contributed by atoms with van der Waals surface area (Å²) in [5.41, 5.74) is 8.24. The molecule has 0 aliphatic carbocycles. The molecule has 3 heterocycles. The van der Waals surface area contributed by atoms with Gasteiger partial charge in [-0.15, -0.1) is 0 Å². The van der Waals surface area contributed by atoms with Gasteiger partial charge in [-0.2, -0.15) is 0 Å². The molecule has 2 aliphatic rings. The summed E-state index contributed by atoms with van der Waals surface area (Å²) in [6.07, 6.45) is 2.24. The standard InChI is InChI=1S/C21H21ClN2/c1-13-3-5-18-14(11-13)7-9-24-10-8-16-17-12-15(22)4-6-19(17)23-20(16)21(18,24)2/h3-6,11-12,23H,7-10H2,1-2H3. The van der Waals surface area contributed by atoms with Gasteiger partial charge in [-0.05, 0) is 61.6 Å². The SMILES string of the molecule is Cc1ccc2c(c1)CCN1CCc3c([nH]c4ccc(Cl)cc34)C21C. The molecule has 3 heteroatoms. The number of nitrogens with one attached hydrogen (secondary N) is 1. The molecule has 0 amide bonds. The van der Waals surface area contributed by atoms with Crippen LogP contribution in [0, 0.1) is 6.92 Å². The summed E-state index contributed by atoms with van der Waals surface area (Å²) in [6.45, 7) is 6.81. The average molecular weight is 337 g/mol. The van der Waals surface area contributed by atoms with Crippen molar-refractivity contribution in [2.45, 2.75) is 32.2 Å². The molecule has 2 aromatic carbocycles. The number of hydrogen-bond donors (Lipinski definition) is 1. The van der Waals surface area contributed by atoms with Crippen LogP contribution in [0.25, 0.3) is 10.9 Å². The highest BCUT2D eigenvalue weighted by Gasteiger charge is 2.45. The van der Waals surface area contributed by atoms with Crippen LogP contribution in [0.2, 0.25) is 5.02 Å². The first-order valence-corrected chi connectivity index (χ1v) is 9.11. The fourth-order valence-corrected chi connectivity index (χ4v) is 5.00. The third-order valence-corrected chi connectivity index (χ3v) is 6.29. The molecule has 2 nitrogen and oxygen atoms in total. The molecular weight excluding hydrogens is 316 g/mol. The average Bonchev–Trinajstić information content (AvgIpc) is 2.93. The monoisotopic (exact) mass is 336 g/mol. The molecule has 1 aromatic heterocycles. The van der Waals surface area contributed by atoms with Gasteiger partial charge in [0, 0.05) is 34.7 Å². The number of fused-ring (bicyclic) bond motifs is 7. The van der Waals surface area contributed by atoms with E-state index in [1.807, 2.05) is 6.07 Å². The molecule has 1 unspecified atom stereocenters. The van der Waals surface area contributed by atoms with Gasteiger partial charge in [0.2, 0.25) is 0 Å². The van der Waals surface area contributed by atoms with Crippen LogP contribution in [0.1, 0.15) is 34.9 Å². The molecule has 0 fully saturated rings. The predicted molar refractivity (Wildman–Crippen MR) is 99.9 cm³/mol. The Bertz CT molecular complexity index is 971. The van der Waals surface area contributed by atoms with Crippen LogP contribution in [0.4, 0.5) is 0 Å². The van der Waals surface area contributed by atoms with Gasteiger partial charge in [0.1, 0.15) is 0 Å². The van der Waals surface area contributed by atoms with Gasteiger partial charge in [-0.3, -0.25) is 4.90 Å². The second-order valence-electron chi connectivity index (χ2n) is 7.39. The molecule has 1 N–H and O–H groups in total. The Hall–Kier alpha value is -1.77. The number of halogens is 1. The molecular formula is C21H21ClN2. The third kappa shape index (κ3) is 1.81. The van der Waals surface area contributed by atoms with Gasteiger partial charge in [-0.1, -0.05) is 35.4 Å². The van der Waals surface area contributed by atoms with Crippen molar-refractivity contribution >= 4 is 22.5 Å². The number of nitrogens with zero attached hydrogens (tertiary/aromatic N) is 1. The van der Waals surface area contributed by atoms with Crippen LogP contribution in [0.3, 0.4) is 0 Å². The molecule has 0 saturated carbocycles. The molecule has 122 valence electrons. The smallest absolute Gasteiger partial charge is 0.0844 e. The van der Waals surface area contributed by atoms with Gasteiger partial charge in [0.05, 0.1) is 5.54 Å². The van der Waals surface area contributed by atoms with Gasteiger partial charge in [-0.25, -0.2) is 0 Å². The molecule has 3 aromatic rings. The molecule has 0 spiro atoms. The number of H-pyrrole nitrogens is 1. The van der Waals surface area contributed by atoms with E-state index in [0.717, 1.165) is 31.0 Å². The minimum Gasteiger partial charge on any atom is -0.356 e. The topological polar surface area (TPSA) is 19.0 Å². The molecule has 0 radical (unpaired) electrons. The second-order valence-corrected chi connectivity index (χ2v) is 7.82. The van der Waals surface area contributed by atoms with E-state index in [0.29, 0.717) is 0 Å². The van der Waals surface area contributed by atoms with Crippen molar-refractivity contribution in [3.8, 4) is 0 Å². The zero-order valence-corrected chi connectivity index (χ0v) is 14.9. The van der Waals surface area contributed by atoms with E-state index in [1.54, 1.807) is 0 Å². The summed E-state index contributed by atoms with van der Waals surface area (Å²) in [7, 11) is 0. The summed E-state index contributed by atoms with van der Waals surface area (Å²) < 4.78 is 0. The van der Waals surface area contributed by atoms with Crippen LogP contribution in [0.5, 0.6) is 0 Å². The number of aromatic nitrogens is 1. The van der Waals surface area contributed by atoms with E-state index < -0.39 is 0 Å². The lowest BCUT2D eigenvalue weighted by Crippen LogP contribution is -2.53. The fourth-order valence-electron chi connectivity index (χ4n) is 4.82. The van der Waals surface area contributed by atoms with E-state index in [2.05, 4.69) is 54.1 Å². The van der Waals surface area contributed by atoms with Crippen LogP contribution in [-0.4, -0.2) is 23.0 Å².